The number of alkyl halides is 2. The van der Waals surface area contributed by atoms with Gasteiger partial charge in [-0.2, -0.15) is 5.10 Å². The summed E-state index contributed by atoms with van der Waals surface area (Å²) in [5, 5.41) is 11.3. The van der Waals surface area contributed by atoms with E-state index in [1.165, 1.54) is 27.8 Å². The summed E-state index contributed by atoms with van der Waals surface area (Å²) in [6.45, 7) is 1.53. The van der Waals surface area contributed by atoms with Gasteiger partial charge >= 0.3 is 0 Å². The minimum absolute atomic E-state index is 0.0458. The Labute approximate surface area is 186 Å². The number of halogens is 3. The molecule has 0 unspecified atom stereocenters. The molecule has 1 N–H and O–H groups in total. The van der Waals surface area contributed by atoms with Crippen LogP contribution in [0.15, 0.2) is 36.7 Å². The molecular weight excluding hydrogens is 435 g/mol. The predicted molar refractivity (Wildman–Crippen MR) is 113 cm³/mol. The van der Waals surface area contributed by atoms with Crippen LogP contribution in [0.25, 0.3) is 11.0 Å². The molecule has 4 aromatic rings. The van der Waals surface area contributed by atoms with E-state index in [1.807, 2.05) is 0 Å². The van der Waals surface area contributed by atoms with Crippen LogP contribution in [0.4, 0.5) is 19.1 Å². The highest BCUT2D eigenvalue weighted by Crippen LogP contribution is 2.41. The van der Waals surface area contributed by atoms with Gasteiger partial charge in [-0.05, 0) is 31.9 Å². The lowest BCUT2D eigenvalue weighted by atomic mass is 10.1. The van der Waals surface area contributed by atoms with Crippen molar-refractivity contribution in [3.05, 3.63) is 65.0 Å². The zero-order valence-electron chi connectivity index (χ0n) is 17.7. The molecule has 0 atom stereocenters. The Morgan fingerprint density at radius 3 is 2.76 bits per heavy atom. The number of pyridine rings is 1. The second kappa shape index (κ2) is 8.30. The summed E-state index contributed by atoms with van der Waals surface area (Å²) in [4.78, 5) is 21.2. The lowest BCUT2D eigenvalue weighted by Gasteiger charge is -2.08. The van der Waals surface area contributed by atoms with Crippen LogP contribution in [0.3, 0.4) is 0 Å². The standard InChI is InChI=1S/C22H20F3N7O/c1-12-19-15(20(24)25)8-17(13-6-7-13)27-21(19)32(29-12)10-18(33)28-22-26-11-31(30-22)9-14-4-2-3-5-16(14)23/h2-5,8,11,13,20H,6-7,9-10H2,1H3,(H,28,30,33). The number of carbonyl (C=O) groups is 1. The van der Waals surface area contributed by atoms with E-state index in [-0.39, 0.29) is 47.4 Å². The van der Waals surface area contributed by atoms with E-state index in [0.717, 1.165) is 12.8 Å². The number of hydrogen-bond acceptors (Lipinski definition) is 5. The number of fused-ring (bicyclic) bond motifs is 1. The van der Waals surface area contributed by atoms with E-state index in [0.29, 0.717) is 17.0 Å². The SMILES string of the molecule is Cc1nn(CC(=O)Nc2ncn(Cc3ccccc3F)n2)c2nc(C3CC3)cc(C(F)F)c12. The fourth-order valence-corrected chi connectivity index (χ4v) is 3.81. The van der Waals surface area contributed by atoms with Crippen molar-refractivity contribution in [3.8, 4) is 0 Å². The number of amides is 1. The molecule has 1 aliphatic carbocycles. The van der Waals surface area contributed by atoms with E-state index in [1.54, 1.807) is 25.1 Å². The van der Waals surface area contributed by atoms with Crippen molar-refractivity contribution in [2.75, 3.05) is 5.32 Å². The number of aromatic nitrogens is 6. The number of nitrogens with one attached hydrogen (secondary N) is 1. The molecule has 1 saturated carbocycles. The van der Waals surface area contributed by atoms with Crippen LogP contribution in [0.2, 0.25) is 0 Å². The third kappa shape index (κ3) is 4.30. The Morgan fingerprint density at radius 1 is 1.24 bits per heavy atom. The molecule has 33 heavy (non-hydrogen) atoms. The van der Waals surface area contributed by atoms with Crippen LogP contribution in [0.5, 0.6) is 0 Å². The van der Waals surface area contributed by atoms with Gasteiger partial charge in [0.25, 0.3) is 6.43 Å². The second-order valence-corrected chi connectivity index (χ2v) is 8.06. The fourth-order valence-electron chi connectivity index (χ4n) is 3.81. The summed E-state index contributed by atoms with van der Waals surface area (Å²) in [7, 11) is 0. The first-order chi connectivity index (χ1) is 15.9. The summed E-state index contributed by atoms with van der Waals surface area (Å²) < 4.78 is 44.0. The molecule has 8 nitrogen and oxygen atoms in total. The van der Waals surface area contributed by atoms with Crippen LogP contribution < -0.4 is 5.32 Å². The number of rotatable bonds is 7. The fraction of sp³-hybridized carbons (Fsp3) is 0.318. The second-order valence-electron chi connectivity index (χ2n) is 8.06. The van der Waals surface area contributed by atoms with Gasteiger partial charge in [0.1, 0.15) is 18.7 Å². The normalized spacial score (nSPS) is 13.7. The maximum atomic E-state index is 13.8. The first-order valence-electron chi connectivity index (χ1n) is 10.5. The molecule has 5 rings (SSSR count). The van der Waals surface area contributed by atoms with E-state index >= 15 is 0 Å². The molecule has 0 aliphatic heterocycles. The van der Waals surface area contributed by atoms with Crippen molar-refractivity contribution >= 4 is 22.9 Å². The number of benzene rings is 1. The van der Waals surface area contributed by atoms with Gasteiger partial charge in [-0.15, -0.1) is 5.10 Å². The van der Waals surface area contributed by atoms with Gasteiger partial charge in [-0.1, -0.05) is 18.2 Å². The van der Waals surface area contributed by atoms with Crippen LogP contribution in [-0.4, -0.2) is 35.4 Å². The molecule has 0 spiro atoms. The first kappa shape index (κ1) is 21.1. The first-order valence-corrected chi connectivity index (χ1v) is 10.5. The van der Waals surface area contributed by atoms with E-state index < -0.39 is 12.3 Å². The quantitative estimate of drug-likeness (QED) is 0.455. The van der Waals surface area contributed by atoms with Crippen molar-refractivity contribution < 1.29 is 18.0 Å². The van der Waals surface area contributed by atoms with Crippen LogP contribution >= 0.6 is 0 Å². The molecule has 1 aliphatic rings. The number of aryl methyl sites for hydroxylation is 1. The van der Waals surface area contributed by atoms with Gasteiger partial charge in [0.15, 0.2) is 5.65 Å². The molecule has 1 aromatic carbocycles. The predicted octanol–water partition coefficient (Wildman–Crippen LogP) is 3.97. The van der Waals surface area contributed by atoms with Crippen molar-refractivity contribution in [2.45, 2.75) is 45.2 Å². The van der Waals surface area contributed by atoms with Crippen molar-refractivity contribution in [1.29, 1.82) is 0 Å². The highest BCUT2D eigenvalue weighted by Gasteiger charge is 2.29. The minimum Gasteiger partial charge on any atom is -0.292 e. The van der Waals surface area contributed by atoms with E-state index in [9.17, 15) is 18.0 Å². The van der Waals surface area contributed by atoms with Gasteiger partial charge in [-0.3, -0.25) is 10.1 Å². The van der Waals surface area contributed by atoms with Gasteiger partial charge < -0.3 is 0 Å². The number of nitrogens with zero attached hydrogens (tertiary/aromatic N) is 6. The monoisotopic (exact) mass is 455 g/mol. The molecule has 3 aromatic heterocycles. The summed E-state index contributed by atoms with van der Waals surface area (Å²) in [5.41, 5.74) is 1.58. The van der Waals surface area contributed by atoms with Gasteiger partial charge in [0.2, 0.25) is 11.9 Å². The highest BCUT2D eigenvalue weighted by molar-refractivity contribution is 5.90. The largest absolute Gasteiger partial charge is 0.292 e. The van der Waals surface area contributed by atoms with Gasteiger partial charge in [-0.25, -0.2) is 32.5 Å². The number of carbonyl (C=O) groups excluding carboxylic acids is 1. The van der Waals surface area contributed by atoms with Crippen LogP contribution in [0.1, 0.15) is 47.7 Å². The maximum absolute atomic E-state index is 13.8. The summed E-state index contributed by atoms with van der Waals surface area (Å²) in [6, 6.07) is 7.76. The van der Waals surface area contributed by atoms with Gasteiger partial charge in [0, 0.05) is 22.7 Å². The molecule has 1 fully saturated rings. The lowest BCUT2D eigenvalue weighted by molar-refractivity contribution is -0.116. The van der Waals surface area contributed by atoms with Crippen LogP contribution in [0, 0.1) is 12.7 Å². The molecule has 0 bridgehead atoms. The number of hydrogen-bond donors (Lipinski definition) is 1. The smallest absolute Gasteiger partial charge is 0.264 e. The minimum atomic E-state index is -2.67. The molecule has 0 radical (unpaired) electrons. The van der Waals surface area contributed by atoms with Crippen molar-refractivity contribution in [2.24, 2.45) is 0 Å². The van der Waals surface area contributed by atoms with E-state index in [4.69, 9.17) is 0 Å². The molecule has 1 amide bonds. The zero-order valence-corrected chi connectivity index (χ0v) is 17.7. The highest BCUT2D eigenvalue weighted by atomic mass is 19.3. The third-order valence-electron chi connectivity index (χ3n) is 5.53. The maximum Gasteiger partial charge on any atom is 0.264 e. The molecule has 11 heteroatoms. The Hall–Kier alpha value is -3.76. The Morgan fingerprint density at radius 2 is 2.03 bits per heavy atom. The zero-order chi connectivity index (χ0) is 23.1. The molecule has 0 saturated heterocycles. The van der Waals surface area contributed by atoms with Gasteiger partial charge in [0.05, 0.1) is 17.6 Å². The summed E-state index contributed by atoms with van der Waals surface area (Å²) in [6.07, 6.45) is 0.542. The van der Waals surface area contributed by atoms with Crippen LogP contribution in [-0.2, 0) is 17.9 Å². The Balaban J connectivity index is 1.35. The lowest BCUT2D eigenvalue weighted by Crippen LogP contribution is -2.21. The average molecular weight is 455 g/mol. The van der Waals surface area contributed by atoms with Crippen molar-refractivity contribution in [1.82, 2.24) is 29.5 Å². The van der Waals surface area contributed by atoms with E-state index in [2.05, 4.69) is 25.5 Å². The number of anilines is 1. The summed E-state index contributed by atoms with van der Waals surface area (Å²) >= 11 is 0. The molecule has 3 heterocycles. The van der Waals surface area contributed by atoms with Crippen molar-refractivity contribution in [3.63, 3.8) is 0 Å². The average Bonchev–Trinajstić information content (AvgIpc) is 3.47. The molecular formula is C22H20F3N7O. The third-order valence-corrected chi connectivity index (χ3v) is 5.53. The summed E-state index contributed by atoms with van der Waals surface area (Å²) in [5.74, 6) is -0.627. The Bertz CT molecular complexity index is 1340. The Kier molecular flexibility index (Phi) is 5.31. The molecule has 170 valence electrons. The topological polar surface area (TPSA) is 90.5 Å².